The standard InChI is InChI=1S/C10H12F3NO/c1-7(14-6-10(11,12)13)8-2-4-9(15)5-3-8/h2-5,7,14-15H,6H2,1H3. The van der Waals surface area contributed by atoms with Crippen molar-refractivity contribution in [1.29, 1.82) is 0 Å². The van der Waals surface area contributed by atoms with E-state index < -0.39 is 18.8 Å². The molecule has 0 aliphatic carbocycles. The van der Waals surface area contributed by atoms with Crippen LogP contribution in [0.4, 0.5) is 13.2 Å². The van der Waals surface area contributed by atoms with Crippen LogP contribution in [0, 0.1) is 0 Å². The molecule has 0 bridgehead atoms. The van der Waals surface area contributed by atoms with Gasteiger partial charge in [-0.1, -0.05) is 12.1 Å². The number of nitrogens with one attached hydrogen (secondary N) is 1. The summed E-state index contributed by atoms with van der Waals surface area (Å²) in [5, 5.41) is 11.3. The normalized spacial score (nSPS) is 13.9. The lowest BCUT2D eigenvalue weighted by atomic mass is 10.1. The molecule has 0 fully saturated rings. The van der Waals surface area contributed by atoms with Crippen LogP contribution in [0.2, 0.25) is 0 Å². The molecule has 0 spiro atoms. The molecular formula is C10H12F3NO. The maximum atomic E-state index is 11.9. The number of benzene rings is 1. The lowest BCUT2D eigenvalue weighted by Gasteiger charge is -2.15. The molecule has 0 aliphatic rings. The number of aromatic hydroxyl groups is 1. The molecule has 0 aliphatic heterocycles. The van der Waals surface area contributed by atoms with Crippen molar-refractivity contribution >= 4 is 0 Å². The highest BCUT2D eigenvalue weighted by molar-refractivity contribution is 5.27. The number of hydrogen-bond donors (Lipinski definition) is 2. The predicted octanol–water partition coefficient (Wildman–Crippen LogP) is 2.61. The summed E-state index contributed by atoms with van der Waals surface area (Å²) in [4.78, 5) is 0. The summed E-state index contributed by atoms with van der Waals surface area (Å²) in [6, 6.07) is 5.67. The molecule has 5 heteroatoms. The Morgan fingerprint density at radius 1 is 1.27 bits per heavy atom. The van der Waals surface area contributed by atoms with Gasteiger partial charge in [0.2, 0.25) is 0 Å². The smallest absolute Gasteiger partial charge is 0.401 e. The van der Waals surface area contributed by atoms with Gasteiger partial charge in [-0.2, -0.15) is 13.2 Å². The summed E-state index contributed by atoms with van der Waals surface area (Å²) < 4.78 is 35.7. The minimum absolute atomic E-state index is 0.0989. The summed E-state index contributed by atoms with van der Waals surface area (Å²) >= 11 is 0. The summed E-state index contributed by atoms with van der Waals surface area (Å²) in [5.74, 6) is 0.0989. The van der Waals surface area contributed by atoms with Crippen molar-refractivity contribution in [3.05, 3.63) is 29.8 Å². The maximum Gasteiger partial charge on any atom is 0.401 e. The van der Waals surface area contributed by atoms with Crippen molar-refractivity contribution in [2.45, 2.75) is 19.1 Å². The average molecular weight is 219 g/mol. The number of halogens is 3. The monoisotopic (exact) mass is 219 g/mol. The lowest BCUT2D eigenvalue weighted by Crippen LogP contribution is -2.30. The lowest BCUT2D eigenvalue weighted by molar-refractivity contribution is -0.126. The Kier molecular flexibility index (Phi) is 3.57. The van der Waals surface area contributed by atoms with E-state index in [4.69, 9.17) is 5.11 Å². The van der Waals surface area contributed by atoms with E-state index in [9.17, 15) is 13.2 Å². The number of alkyl halides is 3. The third-order valence-corrected chi connectivity index (χ3v) is 2.00. The first-order chi connectivity index (χ1) is 6.88. The van der Waals surface area contributed by atoms with Crippen molar-refractivity contribution < 1.29 is 18.3 Å². The Morgan fingerprint density at radius 3 is 2.27 bits per heavy atom. The zero-order valence-electron chi connectivity index (χ0n) is 8.17. The van der Waals surface area contributed by atoms with E-state index >= 15 is 0 Å². The molecule has 0 amide bonds. The highest BCUT2D eigenvalue weighted by Crippen LogP contribution is 2.18. The van der Waals surface area contributed by atoms with Gasteiger partial charge in [-0.15, -0.1) is 0 Å². The molecule has 15 heavy (non-hydrogen) atoms. The Bertz CT molecular complexity index is 307. The van der Waals surface area contributed by atoms with Gasteiger partial charge in [0.1, 0.15) is 5.75 Å². The van der Waals surface area contributed by atoms with Gasteiger partial charge in [0.25, 0.3) is 0 Å². The SMILES string of the molecule is CC(NCC(F)(F)F)c1ccc(O)cc1. The highest BCUT2D eigenvalue weighted by Gasteiger charge is 2.27. The molecule has 1 atom stereocenters. The van der Waals surface area contributed by atoms with Crippen molar-refractivity contribution in [1.82, 2.24) is 5.32 Å². The molecule has 84 valence electrons. The zero-order chi connectivity index (χ0) is 11.5. The summed E-state index contributed by atoms with van der Waals surface area (Å²) in [7, 11) is 0. The van der Waals surface area contributed by atoms with Crippen LogP contribution in [-0.4, -0.2) is 17.8 Å². The minimum atomic E-state index is -4.20. The van der Waals surface area contributed by atoms with Crippen LogP contribution in [0.5, 0.6) is 5.75 Å². The van der Waals surface area contributed by atoms with Gasteiger partial charge >= 0.3 is 6.18 Å². The van der Waals surface area contributed by atoms with Gasteiger partial charge in [-0.3, -0.25) is 0 Å². The molecular weight excluding hydrogens is 207 g/mol. The molecule has 0 heterocycles. The fourth-order valence-electron chi connectivity index (χ4n) is 1.15. The van der Waals surface area contributed by atoms with Crippen molar-refractivity contribution in [2.75, 3.05) is 6.54 Å². The molecule has 1 unspecified atom stereocenters. The Labute approximate surface area is 85.7 Å². The van der Waals surface area contributed by atoms with Crippen LogP contribution >= 0.6 is 0 Å². The minimum Gasteiger partial charge on any atom is -0.508 e. The molecule has 0 radical (unpaired) electrons. The quantitative estimate of drug-likeness (QED) is 0.819. The maximum absolute atomic E-state index is 11.9. The van der Waals surface area contributed by atoms with Crippen molar-refractivity contribution in [3.63, 3.8) is 0 Å². The van der Waals surface area contributed by atoms with Gasteiger partial charge in [-0.05, 0) is 24.6 Å². The molecule has 2 N–H and O–H groups in total. The predicted molar refractivity (Wildman–Crippen MR) is 50.6 cm³/mol. The molecule has 0 saturated carbocycles. The second kappa shape index (κ2) is 4.53. The second-order valence-electron chi connectivity index (χ2n) is 3.31. The topological polar surface area (TPSA) is 32.3 Å². The van der Waals surface area contributed by atoms with Gasteiger partial charge in [0.05, 0.1) is 6.54 Å². The Balaban J connectivity index is 2.54. The molecule has 0 saturated heterocycles. The summed E-state index contributed by atoms with van der Waals surface area (Å²) in [6.07, 6.45) is -4.20. The van der Waals surface area contributed by atoms with E-state index in [1.807, 2.05) is 0 Å². The first-order valence-electron chi connectivity index (χ1n) is 4.47. The van der Waals surface area contributed by atoms with Crippen LogP contribution in [0.1, 0.15) is 18.5 Å². The largest absolute Gasteiger partial charge is 0.508 e. The van der Waals surface area contributed by atoms with Crippen LogP contribution in [0.25, 0.3) is 0 Å². The van der Waals surface area contributed by atoms with E-state index in [-0.39, 0.29) is 5.75 Å². The van der Waals surface area contributed by atoms with Gasteiger partial charge < -0.3 is 10.4 Å². The van der Waals surface area contributed by atoms with E-state index in [1.54, 1.807) is 19.1 Å². The third kappa shape index (κ3) is 4.20. The number of rotatable bonds is 3. The van der Waals surface area contributed by atoms with Crippen LogP contribution in [0.15, 0.2) is 24.3 Å². The van der Waals surface area contributed by atoms with Gasteiger partial charge in [0, 0.05) is 6.04 Å². The van der Waals surface area contributed by atoms with E-state index in [2.05, 4.69) is 5.32 Å². The summed E-state index contributed by atoms with van der Waals surface area (Å²) in [6.45, 7) is 0.618. The number of phenolic OH excluding ortho intramolecular Hbond substituents is 1. The molecule has 2 nitrogen and oxygen atoms in total. The molecule has 1 rings (SSSR count). The Hall–Kier alpha value is -1.23. The first kappa shape index (κ1) is 11.8. The Morgan fingerprint density at radius 2 is 1.80 bits per heavy atom. The third-order valence-electron chi connectivity index (χ3n) is 2.00. The van der Waals surface area contributed by atoms with Crippen molar-refractivity contribution in [2.24, 2.45) is 0 Å². The van der Waals surface area contributed by atoms with Crippen LogP contribution in [0.3, 0.4) is 0 Å². The molecule has 1 aromatic carbocycles. The van der Waals surface area contributed by atoms with Gasteiger partial charge in [0.15, 0.2) is 0 Å². The second-order valence-corrected chi connectivity index (χ2v) is 3.31. The van der Waals surface area contributed by atoms with Crippen LogP contribution in [-0.2, 0) is 0 Å². The average Bonchev–Trinajstić information content (AvgIpc) is 2.14. The van der Waals surface area contributed by atoms with E-state index in [1.165, 1.54) is 12.1 Å². The summed E-state index contributed by atoms with van der Waals surface area (Å²) in [5.41, 5.74) is 0.706. The molecule has 1 aromatic rings. The van der Waals surface area contributed by atoms with E-state index in [0.717, 1.165) is 0 Å². The highest BCUT2D eigenvalue weighted by atomic mass is 19.4. The zero-order valence-corrected chi connectivity index (χ0v) is 8.17. The van der Waals surface area contributed by atoms with Crippen molar-refractivity contribution in [3.8, 4) is 5.75 Å². The van der Waals surface area contributed by atoms with E-state index in [0.29, 0.717) is 5.56 Å². The molecule has 0 aromatic heterocycles. The first-order valence-corrected chi connectivity index (χ1v) is 4.47. The van der Waals surface area contributed by atoms with Gasteiger partial charge in [-0.25, -0.2) is 0 Å². The fraction of sp³-hybridized carbons (Fsp3) is 0.400. The fourth-order valence-corrected chi connectivity index (χ4v) is 1.15. The van der Waals surface area contributed by atoms with Crippen LogP contribution < -0.4 is 5.32 Å². The number of hydrogen-bond acceptors (Lipinski definition) is 2. The number of phenols is 1.